The second-order valence-electron chi connectivity index (χ2n) is 3.80. The zero-order valence-corrected chi connectivity index (χ0v) is 7.86. The van der Waals surface area contributed by atoms with Crippen LogP contribution in [0.1, 0.15) is 18.4 Å². The van der Waals surface area contributed by atoms with Crippen molar-refractivity contribution in [1.82, 2.24) is 4.98 Å². The lowest BCUT2D eigenvalue weighted by Crippen LogP contribution is -2.34. The van der Waals surface area contributed by atoms with Crippen molar-refractivity contribution in [1.29, 1.82) is 0 Å². The topological polar surface area (TPSA) is 82.0 Å². The maximum absolute atomic E-state index is 11.6. The molecule has 0 aromatic carbocycles. The molecule has 1 aliphatic rings. The summed E-state index contributed by atoms with van der Waals surface area (Å²) in [6.45, 7) is 0. The zero-order chi connectivity index (χ0) is 10.2. The Bertz CT molecular complexity index is 371. The number of carbonyl (C=O) groups is 1. The Labute approximate surface area is 82.3 Å². The van der Waals surface area contributed by atoms with Crippen LogP contribution in [0.2, 0.25) is 0 Å². The number of aromatic nitrogens is 1. The highest BCUT2D eigenvalue weighted by Crippen LogP contribution is 2.34. The number of rotatable bonds is 3. The van der Waals surface area contributed by atoms with Crippen LogP contribution in [-0.4, -0.2) is 16.3 Å². The van der Waals surface area contributed by atoms with Gasteiger partial charge in [-0.1, -0.05) is 6.07 Å². The van der Waals surface area contributed by atoms with Crippen LogP contribution in [0.5, 0.6) is 0 Å². The lowest BCUT2D eigenvalue weighted by molar-refractivity contribution is -0.120. The van der Waals surface area contributed by atoms with Gasteiger partial charge in [0.05, 0.1) is 5.54 Å². The summed E-state index contributed by atoms with van der Waals surface area (Å²) in [5.74, 6) is 0.488. The maximum atomic E-state index is 11.6. The molecule has 4 N–H and O–H groups in total. The van der Waals surface area contributed by atoms with Crippen molar-refractivity contribution < 1.29 is 4.79 Å². The molecule has 74 valence electrons. The van der Waals surface area contributed by atoms with Gasteiger partial charge < -0.3 is 11.5 Å². The van der Waals surface area contributed by atoms with Crippen LogP contribution >= 0.6 is 0 Å². The number of nitrogens with two attached hydrogens (primary N) is 2. The third-order valence-electron chi connectivity index (χ3n) is 2.62. The second-order valence-corrected chi connectivity index (χ2v) is 3.80. The summed E-state index contributed by atoms with van der Waals surface area (Å²) in [4.78, 5) is 15.6. The van der Waals surface area contributed by atoms with Crippen LogP contribution in [-0.2, 0) is 11.2 Å². The maximum Gasteiger partial charge on any atom is 0.157 e. The van der Waals surface area contributed by atoms with Gasteiger partial charge >= 0.3 is 0 Å². The first kappa shape index (κ1) is 9.15. The number of pyridine rings is 1. The van der Waals surface area contributed by atoms with E-state index >= 15 is 0 Å². The first-order valence-corrected chi connectivity index (χ1v) is 4.63. The Morgan fingerprint density at radius 2 is 2.29 bits per heavy atom. The lowest BCUT2D eigenvalue weighted by Gasteiger charge is -2.08. The molecule has 0 amide bonds. The van der Waals surface area contributed by atoms with E-state index in [-0.39, 0.29) is 5.78 Å². The number of nitrogen functional groups attached to an aromatic ring is 1. The Balaban J connectivity index is 2.11. The van der Waals surface area contributed by atoms with Crippen LogP contribution in [0.3, 0.4) is 0 Å². The quantitative estimate of drug-likeness (QED) is 0.718. The molecule has 0 spiro atoms. The smallest absolute Gasteiger partial charge is 0.157 e. The zero-order valence-electron chi connectivity index (χ0n) is 7.86. The van der Waals surface area contributed by atoms with Gasteiger partial charge in [-0.05, 0) is 18.9 Å². The van der Waals surface area contributed by atoms with Gasteiger partial charge in [0.2, 0.25) is 0 Å². The molecule has 0 saturated heterocycles. The van der Waals surface area contributed by atoms with E-state index in [4.69, 9.17) is 11.5 Å². The molecule has 1 aromatic rings. The Morgan fingerprint density at radius 1 is 1.57 bits per heavy atom. The van der Waals surface area contributed by atoms with Crippen molar-refractivity contribution >= 4 is 11.6 Å². The average Bonchev–Trinajstić information content (AvgIpc) is 2.89. The number of anilines is 1. The predicted octanol–water partition coefficient (Wildman–Crippen LogP) is 0.267. The van der Waals surface area contributed by atoms with Crippen LogP contribution < -0.4 is 11.5 Å². The van der Waals surface area contributed by atoms with E-state index in [1.807, 2.05) is 6.07 Å². The number of hydrogen-bond donors (Lipinski definition) is 2. The molecule has 0 atom stereocenters. The molecule has 1 aromatic heterocycles. The van der Waals surface area contributed by atoms with Crippen LogP contribution in [0.15, 0.2) is 18.3 Å². The van der Waals surface area contributed by atoms with Crippen molar-refractivity contribution in [3.8, 4) is 0 Å². The van der Waals surface area contributed by atoms with Crippen molar-refractivity contribution in [2.24, 2.45) is 5.73 Å². The fourth-order valence-corrected chi connectivity index (χ4v) is 1.36. The van der Waals surface area contributed by atoms with Gasteiger partial charge in [0.15, 0.2) is 5.78 Å². The van der Waals surface area contributed by atoms with Crippen molar-refractivity contribution in [2.45, 2.75) is 24.8 Å². The lowest BCUT2D eigenvalue weighted by atomic mass is 10.0. The minimum absolute atomic E-state index is 0.0669. The molecule has 1 heterocycles. The van der Waals surface area contributed by atoms with Crippen molar-refractivity contribution in [2.75, 3.05) is 5.73 Å². The van der Waals surface area contributed by atoms with E-state index in [9.17, 15) is 4.79 Å². The highest BCUT2D eigenvalue weighted by atomic mass is 16.1. The molecule has 2 rings (SSSR count). The number of ketones is 1. The van der Waals surface area contributed by atoms with Gasteiger partial charge in [0.25, 0.3) is 0 Å². The summed E-state index contributed by atoms with van der Waals surface area (Å²) in [6, 6.07) is 3.58. The summed E-state index contributed by atoms with van der Waals surface area (Å²) in [7, 11) is 0. The standard InChI is InChI=1S/C10H13N3O/c11-9-7(2-1-5-13-9)6-8(14)10(12)3-4-10/h1-2,5H,3-4,6,12H2,(H2,11,13). The predicted molar refractivity (Wildman–Crippen MR) is 53.5 cm³/mol. The highest BCUT2D eigenvalue weighted by Gasteiger charge is 2.45. The fourth-order valence-electron chi connectivity index (χ4n) is 1.36. The number of Topliss-reactive ketones (excluding diaryl/α,β-unsaturated/α-hetero) is 1. The fraction of sp³-hybridized carbons (Fsp3) is 0.400. The van der Waals surface area contributed by atoms with Crippen LogP contribution in [0.4, 0.5) is 5.82 Å². The average molecular weight is 191 g/mol. The molecular formula is C10H13N3O. The van der Waals surface area contributed by atoms with Crippen LogP contribution in [0, 0.1) is 0 Å². The normalized spacial score (nSPS) is 17.8. The molecule has 4 heteroatoms. The summed E-state index contributed by atoms with van der Waals surface area (Å²) >= 11 is 0. The molecule has 0 unspecified atom stereocenters. The number of carbonyl (C=O) groups excluding carboxylic acids is 1. The van der Waals surface area contributed by atoms with E-state index < -0.39 is 5.54 Å². The molecular weight excluding hydrogens is 178 g/mol. The molecule has 0 radical (unpaired) electrons. The third-order valence-corrected chi connectivity index (χ3v) is 2.62. The van der Waals surface area contributed by atoms with Crippen molar-refractivity contribution in [3.63, 3.8) is 0 Å². The Morgan fingerprint density at radius 3 is 2.86 bits per heavy atom. The largest absolute Gasteiger partial charge is 0.383 e. The molecule has 0 bridgehead atoms. The Kier molecular flexibility index (Phi) is 2.00. The van der Waals surface area contributed by atoms with Gasteiger partial charge in [-0.25, -0.2) is 4.98 Å². The molecule has 14 heavy (non-hydrogen) atoms. The number of hydrogen-bond acceptors (Lipinski definition) is 4. The molecule has 1 saturated carbocycles. The second kappa shape index (κ2) is 3.06. The summed E-state index contributed by atoms with van der Waals surface area (Å²) in [6.07, 6.45) is 3.51. The Hall–Kier alpha value is -1.42. The molecule has 1 fully saturated rings. The van der Waals surface area contributed by atoms with Gasteiger partial charge in [0.1, 0.15) is 5.82 Å². The van der Waals surface area contributed by atoms with E-state index in [0.29, 0.717) is 12.2 Å². The highest BCUT2D eigenvalue weighted by molar-refractivity contribution is 5.93. The summed E-state index contributed by atoms with van der Waals surface area (Å²) in [5, 5.41) is 0. The summed E-state index contributed by atoms with van der Waals surface area (Å²) < 4.78 is 0. The molecule has 4 nitrogen and oxygen atoms in total. The third kappa shape index (κ3) is 1.61. The van der Waals surface area contributed by atoms with E-state index in [1.165, 1.54) is 0 Å². The SMILES string of the molecule is Nc1ncccc1CC(=O)C1(N)CC1. The number of nitrogens with zero attached hydrogens (tertiary/aromatic N) is 1. The van der Waals surface area contributed by atoms with Crippen LogP contribution in [0.25, 0.3) is 0 Å². The van der Waals surface area contributed by atoms with Crippen molar-refractivity contribution in [3.05, 3.63) is 23.9 Å². The minimum Gasteiger partial charge on any atom is -0.383 e. The van der Waals surface area contributed by atoms with Gasteiger partial charge in [-0.3, -0.25) is 4.79 Å². The summed E-state index contributed by atoms with van der Waals surface area (Å²) in [5.41, 5.74) is 11.6. The van der Waals surface area contributed by atoms with Gasteiger partial charge in [-0.15, -0.1) is 0 Å². The van der Waals surface area contributed by atoms with E-state index in [2.05, 4.69) is 4.98 Å². The first-order chi connectivity index (χ1) is 6.62. The van der Waals surface area contributed by atoms with E-state index in [1.54, 1.807) is 12.3 Å². The van der Waals surface area contributed by atoms with Gasteiger partial charge in [0, 0.05) is 18.2 Å². The monoisotopic (exact) mass is 191 g/mol. The van der Waals surface area contributed by atoms with E-state index in [0.717, 1.165) is 18.4 Å². The van der Waals surface area contributed by atoms with Gasteiger partial charge in [-0.2, -0.15) is 0 Å². The molecule has 0 aliphatic heterocycles. The minimum atomic E-state index is -0.567. The molecule has 1 aliphatic carbocycles. The first-order valence-electron chi connectivity index (χ1n) is 4.63.